The van der Waals surface area contributed by atoms with Crippen molar-refractivity contribution in [2.24, 2.45) is 0 Å². The van der Waals surface area contributed by atoms with Gasteiger partial charge in [0, 0.05) is 12.1 Å². The van der Waals surface area contributed by atoms with E-state index in [4.69, 9.17) is 9.47 Å². The summed E-state index contributed by atoms with van der Waals surface area (Å²) in [6.07, 6.45) is 0.723. The molecule has 5 heteroatoms. The van der Waals surface area contributed by atoms with Crippen molar-refractivity contribution in [1.29, 1.82) is 0 Å². The fourth-order valence-corrected chi connectivity index (χ4v) is 3.21. The first-order valence-corrected chi connectivity index (χ1v) is 7.86. The van der Waals surface area contributed by atoms with Gasteiger partial charge in [-0.05, 0) is 54.8 Å². The van der Waals surface area contributed by atoms with Gasteiger partial charge in [0.15, 0.2) is 11.5 Å². The number of fused-ring (bicyclic) bond motifs is 1. The second-order valence-electron chi connectivity index (χ2n) is 5.84. The van der Waals surface area contributed by atoms with Gasteiger partial charge in [-0.15, -0.1) is 0 Å². The first kappa shape index (κ1) is 16.3. The van der Waals surface area contributed by atoms with E-state index >= 15 is 0 Å². The van der Waals surface area contributed by atoms with Gasteiger partial charge < -0.3 is 14.4 Å². The lowest BCUT2D eigenvalue weighted by molar-refractivity contribution is 0.0676. The fourth-order valence-electron chi connectivity index (χ4n) is 3.21. The maximum atomic E-state index is 13.4. The Labute approximate surface area is 140 Å². The molecule has 0 radical (unpaired) electrons. The second kappa shape index (κ2) is 6.51. The third-order valence-electron chi connectivity index (χ3n) is 4.52. The highest BCUT2D eigenvalue weighted by atomic mass is 19.1. The van der Waals surface area contributed by atoms with Gasteiger partial charge in [-0.3, -0.25) is 4.79 Å². The van der Waals surface area contributed by atoms with E-state index in [-0.39, 0.29) is 11.9 Å². The molecule has 0 aliphatic carbocycles. The van der Waals surface area contributed by atoms with Gasteiger partial charge in [-0.25, -0.2) is 4.39 Å². The zero-order valence-corrected chi connectivity index (χ0v) is 14.0. The van der Waals surface area contributed by atoms with E-state index in [1.807, 2.05) is 19.1 Å². The number of halogens is 1. The molecular formula is C19H20FNO3. The SMILES string of the molecule is COc1cc2c(cc1OC)[C@@H](C)N(C(=O)c1cccc(F)c1)CC2. The van der Waals surface area contributed by atoms with Crippen molar-refractivity contribution in [3.63, 3.8) is 0 Å². The molecule has 0 bridgehead atoms. The van der Waals surface area contributed by atoms with Crippen LogP contribution in [0.1, 0.15) is 34.5 Å². The van der Waals surface area contributed by atoms with E-state index in [1.165, 1.54) is 12.1 Å². The third kappa shape index (κ3) is 2.82. The summed E-state index contributed by atoms with van der Waals surface area (Å²) < 4.78 is 24.1. The lowest BCUT2D eigenvalue weighted by atomic mass is 9.92. The summed E-state index contributed by atoms with van der Waals surface area (Å²) in [5, 5.41) is 0. The van der Waals surface area contributed by atoms with Crippen molar-refractivity contribution in [3.8, 4) is 11.5 Å². The van der Waals surface area contributed by atoms with E-state index in [9.17, 15) is 9.18 Å². The van der Waals surface area contributed by atoms with Gasteiger partial charge in [0.25, 0.3) is 5.91 Å². The minimum Gasteiger partial charge on any atom is -0.493 e. The molecule has 126 valence electrons. The van der Waals surface area contributed by atoms with E-state index in [0.717, 1.165) is 17.5 Å². The first-order valence-electron chi connectivity index (χ1n) is 7.86. The Morgan fingerprint density at radius 1 is 1.17 bits per heavy atom. The number of nitrogens with zero attached hydrogens (tertiary/aromatic N) is 1. The van der Waals surface area contributed by atoms with Crippen LogP contribution in [0.4, 0.5) is 4.39 Å². The number of hydrogen-bond acceptors (Lipinski definition) is 3. The van der Waals surface area contributed by atoms with Crippen LogP contribution in [0.3, 0.4) is 0 Å². The molecule has 24 heavy (non-hydrogen) atoms. The molecule has 1 atom stereocenters. The Morgan fingerprint density at radius 3 is 2.54 bits per heavy atom. The molecule has 0 aromatic heterocycles. The minimum atomic E-state index is -0.405. The molecule has 4 nitrogen and oxygen atoms in total. The molecule has 2 aromatic rings. The Balaban J connectivity index is 1.94. The van der Waals surface area contributed by atoms with Crippen molar-refractivity contribution < 1.29 is 18.7 Å². The van der Waals surface area contributed by atoms with Crippen molar-refractivity contribution >= 4 is 5.91 Å². The summed E-state index contributed by atoms with van der Waals surface area (Å²) in [6, 6.07) is 9.58. The molecule has 1 amide bonds. The van der Waals surface area contributed by atoms with Crippen LogP contribution in [0, 0.1) is 5.82 Å². The van der Waals surface area contributed by atoms with Crippen LogP contribution in [0.25, 0.3) is 0 Å². The summed E-state index contributed by atoms with van der Waals surface area (Å²) >= 11 is 0. The van der Waals surface area contributed by atoms with Crippen molar-refractivity contribution in [1.82, 2.24) is 4.90 Å². The van der Waals surface area contributed by atoms with Gasteiger partial charge in [0.1, 0.15) is 5.82 Å². The summed E-state index contributed by atoms with van der Waals surface area (Å²) in [6.45, 7) is 2.56. The van der Waals surface area contributed by atoms with E-state index in [0.29, 0.717) is 23.6 Å². The Bertz CT molecular complexity index is 775. The van der Waals surface area contributed by atoms with Crippen LogP contribution in [-0.2, 0) is 6.42 Å². The topological polar surface area (TPSA) is 38.8 Å². The highest BCUT2D eigenvalue weighted by molar-refractivity contribution is 5.94. The second-order valence-corrected chi connectivity index (χ2v) is 5.84. The minimum absolute atomic E-state index is 0.121. The summed E-state index contributed by atoms with van der Waals surface area (Å²) in [5.74, 6) is 0.760. The molecule has 0 spiro atoms. The number of methoxy groups -OCH3 is 2. The molecule has 2 aromatic carbocycles. The Kier molecular flexibility index (Phi) is 4.42. The molecule has 3 rings (SSSR count). The van der Waals surface area contributed by atoms with Crippen molar-refractivity contribution in [2.45, 2.75) is 19.4 Å². The largest absolute Gasteiger partial charge is 0.493 e. The highest BCUT2D eigenvalue weighted by Crippen LogP contribution is 2.38. The lowest BCUT2D eigenvalue weighted by Crippen LogP contribution is -2.38. The molecule has 0 saturated carbocycles. The number of rotatable bonds is 3. The average Bonchev–Trinajstić information content (AvgIpc) is 2.60. The molecule has 1 aliphatic heterocycles. The summed E-state index contributed by atoms with van der Waals surface area (Å²) in [7, 11) is 3.20. The van der Waals surface area contributed by atoms with Crippen LogP contribution in [0.5, 0.6) is 11.5 Å². The Morgan fingerprint density at radius 2 is 1.88 bits per heavy atom. The number of carbonyl (C=O) groups is 1. The summed E-state index contributed by atoms with van der Waals surface area (Å²) in [4.78, 5) is 14.5. The van der Waals surface area contributed by atoms with Gasteiger partial charge in [0.05, 0.1) is 20.3 Å². The quantitative estimate of drug-likeness (QED) is 0.863. The predicted molar refractivity (Wildman–Crippen MR) is 89.1 cm³/mol. The molecule has 0 N–H and O–H groups in total. The molecule has 0 saturated heterocycles. The van der Waals surface area contributed by atoms with Crippen LogP contribution < -0.4 is 9.47 Å². The van der Waals surface area contributed by atoms with E-state index < -0.39 is 5.82 Å². The number of carbonyl (C=O) groups excluding carboxylic acids is 1. The molecule has 1 heterocycles. The van der Waals surface area contributed by atoms with Crippen molar-refractivity contribution in [2.75, 3.05) is 20.8 Å². The Hall–Kier alpha value is -2.56. The van der Waals surface area contributed by atoms with E-state index in [1.54, 1.807) is 31.3 Å². The zero-order valence-electron chi connectivity index (χ0n) is 14.0. The molecule has 0 fully saturated rings. The van der Waals surface area contributed by atoms with Crippen molar-refractivity contribution in [3.05, 3.63) is 58.9 Å². The first-order chi connectivity index (χ1) is 11.5. The van der Waals surface area contributed by atoms with Gasteiger partial charge in [-0.2, -0.15) is 0 Å². The van der Waals surface area contributed by atoms with Crippen LogP contribution in [-0.4, -0.2) is 31.6 Å². The third-order valence-corrected chi connectivity index (χ3v) is 4.52. The highest BCUT2D eigenvalue weighted by Gasteiger charge is 2.29. The number of benzene rings is 2. The average molecular weight is 329 g/mol. The lowest BCUT2D eigenvalue weighted by Gasteiger charge is -2.36. The standard InChI is InChI=1S/C19H20FNO3/c1-12-16-11-18(24-3)17(23-2)10-13(16)7-8-21(12)19(22)14-5-4-6-15(20)9-14/h4-6,9-12H,7-8H2,1-3H3/t12-/m1/s1. The molecule has 1 aliphatic rings. The van der Waals surface area contributed by atoms with Gasteiger partial charge >= 0.3 is 0 Å². The smallest absolute Gasteiger partial charge is 0.254 e. The number of ether oxygens (including phenoxy) is 2. The monoisotopic (exact) mass is 329 g/mol. The maximum absolute atomic E-state index is 13.4. The molecular weight excluding hydrogens is 309 g/mol. The van der Waals surface area contributed by atoms with Gasteiger partial charge in [0.2, 0.25) is 0 Å². The van der Waals surface area contributed by atoms with Gasteiger partial charge in [-0.1, -0.05) is 6.07 Å². The normalized spacial score (nSPS) is 16.5. The van der Waals surface area contributed by atoms with Crippen LogP contribution in [0.15, 0.2) is 36.4 Å². The van der Waals surface area contributed by atoms with E-state index in [2.05, 4.69) is 0 Å². The predicted octanol–water partition coefficient (Wildman–Crippen LogP) is 3.60. The molecule has 0 unspecified atom stereocenters. The van der Waals surface area contributed by atoms with Crippen LogP contribution in [0.2, 0.25) is 0 Å². The zero-order chi connectivity index (χ0) is 17.3. The fraction of sp³-hybridized carbons (Fsp3) is 0.316. The maximum Gasteiger partial charge on any atom is 0.254 e. The number of hydrogen-bond donors (Lipinski definition) is 0. The number of amides is 1. The summed E-state index contributed by atoms with van der Waals surface area (Å²) in [5.41, 5.74) is 2.54. The van der Waals surface area contributed by atoms with Crippen LogP contribution >= 0.6 is 0 Å².